The fraction of sp³-hybridized carbons (Fsp3) is 0.250. The Hall–Kier alpha value is -2.48. The Morgan fingerprint density at radius 1 is 1.24 bits per heavy atom. The van der Waals surface area contributed by atoms with Gasteiger partial charge < -0.3 is 9.47 Å². The second-order valence-corrected chi connectivity index (χ2v) is 3.89. The van der Waals surface area contributed by atoms with Crippen molar-refractivity contribution in [1.82, 2.24) is 16.3 Å². The Bertz CT molecular complexity index is 536. The number of hydrazine groups is 1. The summed E-state index contributed by atoms with van der Waals surface area (Å²) < 4.78 is 10.2. The van der Waals surface area contributed by atoms with Crippen LogP contribution in [0, 0.1) is 0 Å². The summed E-state index contributed by atoms with van der Waals surface area (Å²) in [5.41, 5.74) is 7.00. The minimum absolute atomic E-state index is 0.255. The summed E-state index contributed by atoms with van der Waals surface area (Å²) in [6, 6.07) is 4.43. The van der Waals surface area contributed by atoms with Gasteiger partial charge in [0.25, 0.3) is 5.91 Å². The number of ether oxygens (including phenoxy) is 2. The Morgan fingerprint density at radius 3 is 2.57 bits per heavy atom. The number of nitrogens with zero attached hydrogens (tertiary/aromatic N) is 1. The number of benzene rings is 1. The van der Waals surface area contributed by atoms with E-state index in [1.54, 1.807) is 18.2 Å². The fourth-order valence-corrected chi connectivity index (χ4v) is 1.35. The molecular weight excluding hydrogens is 300 g/mol. The van der Waals surface area contributed by atoms with Crippen molar-refractivity contribution in [2.75, 3.05) is 20.1 Å². The third-order valence-corrected chi connectivity index (χ3v) is 2.47. The van der Waals surface area contributed by atoms with E-state index in [4.69, 9.17) is 21.1 Å². The van der Waals surface area contributed by atoms with Crippen LogP contribution in [0.4, 0.5) is 4.79 Å². The van der Waals surface area contributed by atoms with Crippen LogP contribution in [0.2, 0.25) is 0 Å². The second kappa shape index (κ2) is 8.64. The van der Waals surface area contributed by atoms with E-state index in [1.807, 2.05) is 0 Å². The van der Waals surface area contributed by atoms with Gasteiger partial charge in [-0.3, -0.25) is 10.2 Å². The van der Waals surface area contributed by atoms with Crippen molar-refractivity contribution in [3.05, 3.63) is 23.8 Å². The largest absolute Gasteiger partial charge is 0.493 e. The van der Waals surface area contributed by atoms with Crippen molar-refractivity contribution in [3.8, 4) is 11.5 Å². The van der Waals surface area contributed by atoms with Gasteiger partial charge in [-0.2, -0.15) is 5.10 Å². The van der Waals surface area contributed by atoms with Crippen molar-refractivity contribution in [3.63, 3.8) is 0 Å². The van der Waals surface area contributed by atoms with Gasteiger partial charge in [-0.1, -0.05) is 0 Å². The Labute approximate surface area is 126 Å². The molecule has 8 nitrogen and oxygen atoms in total. The molecule has 0 unspecified atom stereocenters. The molecule has 3 amide bonds. The molecule has 0 atom stereocenters. The maximum Gasteiger partial charge on any atom is 0.353 e. The van der Waals surface area contributed by atoms with Gasteiger partial charge in [-0.15, -0.1) is 11.6 Å². The first kappa shape index (κ1) is 16.6. The van der Waals surface area contributed by atoms with Crippen LogP contribution in [0.1, 0.15) is 5.56 Å². The molecule has 3 N–H and O–H groups in total. The first-order valence-corrected chi connectivity index (χ1v) is 6.30. The predicted molar refractivity (Wildman–Crippen MR) is 77.7 cm³/mol. The van der Waals surface area contributed by atoms with Gasteiger partial charge in [-0.25, -0.2) is 15.6 Å². The lowest BCUT2D eigenvalue weighted by Gasteiger charge is -2.07. The number of amides is 3. The van der Waals surface area contributed by atoms with E-state index in [-0.39, 0.29) is 5.88 Å². The lowest BCUT2D eigenvalue weighted by Crippen LogP contribution is -2.46. The summed E-state index contributed by atoms with van der Waals surface area (Å²) in [7, 11) is 3.05. The fourth-order valence-electron chi connectivity index (χ4n) is 1.29. The third kappa shape index (κ3) is 5.57. The first-order chi connectivity index (χ1) is 10.1. The highest BCUT2D eigenvalue weighted by atomic mass is 35.5. The second-order valence-electron chi connectivity index (χ2n) is 3.62. The normalized spacial score (nSPS) is 10.0. The zero-order chi connectivity index (χ0) is 15.7. The standard InChI is InChI=1S/C12H15ClN4O4/c1-20-9-4-3-8(5-10(9)21-2)7-14-16-12(19)17-15-11(18)6-13/h3-5,7H,6H2,1-2H3,(H,15,18)(H2,16,17,19). The molecule has 1 aromatic carbocycles. The molecule has 0 saturated heterocycles. The van der Waals surface area contributed by atoms with Crippen molar-refractivity contribution in [2.24, 2.45) is 5.10 Å². The van der Waals surface area contributed by atoms with Crippen LogP contribution in [-0.4, -0.2) is 38.3 Å². The highest BCUT2D eigenvalue weighted by molar-refractivity contribution is 6.27. The SMILES string of the molecule is COc1ccc(C=NNC(=O)NNC(=O)CCl)cc1OC. The summed E-state index contributed by atoms with van der Waals surface area (Å²) in [4.78, 5) is 22.0. The monoisotopic (exact) mass is 314 g/mol. The van der Waals surface area contributed by atoms with Gasteiger partial charge in [0.15, 0.2) is 11.5 Å². The Morgan fingerprint density at radius 2 is 1.95 bits per heavy atom. The van der Waals surface area contributed by atoms with Crippen molar-refractivity contribution in [1.29, 1.82) is 0 Å². The Balaban J connectivity index is 2.53. The smallest absolute Gasteiger partial charge is 0.353 e. The highest BCUT2D eigenvalue weighted by Crippen LogP contribution is 2.26. The molecule has 0 spiro atoms. The summed E-state index contributed by atoms with van der Waals surface area (Å²) >= 11 is 5.24. The van der Waals surface area contributed by atoms with Crippen LogP contribution in [0.5, 0.6) is 11.5 Å². The molecule has 0 heterocycles. The number of methoxy groups -OCH3 is 2. The minimum atomic E-state index is -0.704. The van der Waals surface area contributed by atoms with Gasteiger partial charge in [0.05, 0.1) is 20.4 Å². The molecule has 9 heteroatoms. The van der Waals surface area contributed by atoms with Crippen LogP contribution in [0.15, 0.2) is 23.3 Å². The number of hydrogen-bond donors (Lipinski definition) is 3. The lowest BCUT2D eigenvalue weighted by atomic mass is 10.2. The average molecular weight is 315 g/mol. The van der Waals surface area contributed by atoms with Crippen LogP contribution >= 0.6 is 11.6 Å². The van der Waals surface area contributed by atoms with E-state index in [0.717, 1.165) is 0 Å². The van der Waals surface area contributed by atoms with E-state index in [9.17, 15) is 9.59 Å². The van der Waals surface area contributed by atoms with Crippen molar-refractivity contribution >= 4 is 29.8 Å². The van der Waals surface area contributed by atoms with Crippen LogP contribution in [0.3, 0.4) is 0 Å². The number of carbonyl (C=O) groups is 2. The number of urea groups is 1. The molecule has 0 aliphatic heterocycles. The lowest BCUT2D eigenvalue weighted by molar-refractivity contribution is -0.119. The van der Waals surface area contributed by atoms with Crippen LogP contribution < -0.4 is 25.8 Å². The number of carbonyl (C=O) groups excluding carboxylic acids is 2. The van der Waals surface area contributed by atoms with Gasteiger partial charge in [0.2, 0.25) is 0 Å². The molecule has 0 fully saturated rings. The molecular formula is C12H15ClN4O4. The molecule has 0 bridgehead atoms. The summed E-state index contributed by atoms with van der Waals surface area (Å²) in [5, 5.41) is 3.71. The molecule has 114 valence electrons. The van der Waals surface area contributed by atoms with Crippen LogP contribution in [-0.2, 0) is 4.79 Å². The molecule has 1 rings (SSSR count). The van der Waals surface area contributed by atoms with E-state index in [0.29, 0.717) is 17.1 Å². The van der Waals surface area contributed by atoms with E-state index in [1.165, 1.54) is 20.4 Å². The number of halogens is 1. The van der Waals surface area contributed by atoms with E-state index < -0.39 is 11.9 Å². The summed E-state index contributed by atoms with van der Waals surface area (Å²) in [6.07, 6.45) is 1.41. The molecule has 0 aliphatic carbocycles. The van der Waals surface area contributed by atoms with E-state index >= 15 is 0 Å². The third-order valence-electron chi connectivity index (χ3n) is 2.22. The highest BCUT2D eigenvalue weighted by Gasteiger charge is 2.03. The van der Waals surface area contributed by atoms with Gasteiger partial charge in [0.1, 0.15) is 5.88 Å². The first-order valence-electron chi connectivity index (χ1n) is 5.76. The number of rotatable bonds is 5. The van der Waals surface area contributed by atoms with Gasteiger partial charge in [-0.05, 0) is 23.8 Å². The number of hydrazone groups is 1. The zero-order valence-corrected chi connectivity index (χ0v) is 12.2. The Kier molecular flexibility index (Phi) is 6.82. The molecule has 1 aromatic rings. The predicted octanol–water partition coefficient (Wildman–Crippen LogP) is 0.607. The average Bonchev–Trinajstić information content (AvgIpc) is 2.52. The van der Waals surface area contributed by atoms with Crippen LogP contribution in [0.25, 0.3) is 0 Å². The maximum atomic E-state index is 11.2. The van der Waals surface area contributed by atoms with Gasteiger partial charge in [0, 0.05) is 0 Å². The summed E-state index contributed by atoms with van der Waals surface area (Å²) in [6.45, 7) is 0. The molecule has 0 aromatic heterocycles. The number of nitrogens with one attached hydrogen (secondary N) is 3. The molecule has 0 radical (unpaired) electrons. The zero-order valence-electron chi connectivity index (χ0n) is 11.5. The molecule has 21 heavy (non-hydrogen) atoms. The number of alkyl halides is 1. The topological polar surface area (TPSA) is 101 Å². The molecule has 0 saturated carbocycles. The summed E-state index contributed by atoms with van der Waals surface area (Å²) in [5.74, 6) is 0.343. The maximum absolute atomic E-state index is 11.2. The minimum Gasteiger partial charge on any atom is -0.493 e. The van der Waals surface area contributed by atoms with Crippen molar-refractivity contribution in [2.45, 2.75) is 0 Å². The van der Waals surface area contributed by atoms with Crippen molar-refractivity contribution < 1.29 is 19.1 Å². The quantitative estimate of drug-likeness (QED) is 0.421. The number of hydrogen-bond acceptors (Lipinski definition) is 5. The van der Waals surface area contributed by atoms with E-state index in [2.05, 4.69) is 21.4 Å². The molecule has 0 aliphatic rings. The van der Waals surface area contributed by atoms with Gasteiger partial charge >= 0.3 is 6.03 Å².